The summed E-state index contributed by atoms with van der Waals surface area (Å²) in [4.78, 5) is 27.6. The van der Waals surface area contributed by atoms with Gasteiger partial charge >= 0.3 is 6.03 Å². The zero-order valence-electron chi connectivity index (χ0n) is 10.9. The van der Waals surface area contributed by atoms with E-state index in [1.54, 1.807) is 23.1 Å². The number of benzene rings is 1. The van der Waals surface area contributed by atoms with Gasteiger partial charge in [-0.3, -0.25) is 4.79 Å². The van der Waals surface area contributed by atoms with E-state index in [2.05, 4.69) is 0 Å². The van der Waals surface area contributed by atoms with Crippen molar-refractivity contribution in [2.75, 3.05) is 24.7 Å². The molecule has 20 heavy (non-hydrogen) atoms. The molecule has 0 unspecified atom stereocenters. The number of hydrogen-bond acceptors (Lipinski definition) is 4. The Labute approximate surface area is 115 Å². The van der Waals surface area contributed by atoms with Gasteiger partial charge in [-0.1, -0.05) is 0 Å². The smallest absolute Gasteiger partial charge is 0.332 e. The molecule has 1 aromatic carbocycles. The molecule has 2 saturated heterocycles. The quantitative estimate of drug-likeness (QED) is 0.726. The summed E-state index contributed by atoms with van der Waals surface area (Å²) in [5, 5.41) is 0. The van der Waals surface area contributed by atoms with Gasteiger partial charge in [0.05, 0.1) is 5.69 Å². The van der Waals surface area contributed by atoms with Gasteiger partial charge in [-0.25, -0.2) is 9.69 Å². The van der Waals surface area contributed by atoms with E-state index in [-0.39, 0.29) is 18.0 Å². The van der Waals surface area contributed by atoms with Gasteiger partial charge in [0.1, 0.15) is 19.3 Å². The van der Waals surface area contributed by atoms with Gasteiger partial charge < -0.3 is 14.4 Å². The number of carbonyl (C=O) groups excluding carboxylic acids is 2. The fourth-order valence-corrected chi connectivity index (χ4v) is 3.03. The molecule has 3 amide bonds. The molecular formula is C14H14N2O4. The van der Waals surface area contributed by atoms with Crippen LogP contribution in [0.2, 0.25) is 0 Å². The molecule has 1 atom stereocenters. The third-order valence-electron chi connectivity index (χ3n) is 3.98. The molecule has 0 spiro atoms. The number of fused-ring (bicyclic) bond motifs is 2. The number of hydrogen-bond donors (Lipinski definition) is 0. The molecule has 4 rings (SSSR count). The van der Waals surface area contributed by atoms with E-state index >= 15 is 0 Å². The van der Waals surface area contributed by atoms with E-state index in [1.165, 1.54) is 4.90 Å². The molecule has 0 radical (unpaired) electrons. The summed E-state index contributed by atoms with van der Waals surface area (Å²) >= 11 is 0. The summed E-state index contributed by atoms with van der Waals surface area (Å²) in [6, 6.07) is 4.66. The fraction of sp³-hybridized carbons (Fsp3) is 0.429. The normalized spacial score (nSPS) is 24.3. The first-order valence-electron chi connectivity index (χ1n) is 6.80. The molecule has 0 aliphatic carbocycles. The van der Waals surface area contributed by atoms with E-state index in [9.17, 15) is 9.59 Å². The van der Waals surface area contributed by atoms with Crippen molar-refractivity contribution in [3.05, 3.63) is 18.2 Å². The first-order valence-corrected chi connectivity index (χ1v) is 6.80. The third-order valence-corrected chi connectivity index (χ3v) is 3.98. The van der Waals surface area contributed by atoms with Crippen LogP contribution in [0.15, 0.2) is 18.2 Å². The monoisotopic (exact) mass is 274 g/mol. The van der Waals surface area contributed by atoms with Crippen molar-refractivity contribution in [2.24, 2.45) is 0 Å². The van der Waals surface area contributed by atoms with Crippen molar-refractivity contribution in [3.8, 4) is 11.5 Å². The predicted octanol–water partition coefficient (Wildman–Crippen LogP) is 1.39. The largest absolute Gasteiger partial charge is 0.486 e. The SMILES string of the molecule is O=C1[C@H]2CCCN2C(=O)N1c1ccc2c(c1)OCCO2. The van der Waals surface area contributed by atoms with Crippen LogP contribution in [0.5, 0.6) is 11.5 Å². The number of urea groups is 1. The van der Waals surface area contributed by atoms with Crippen LogP contribution in [0.25, 0.3) is 0 Å². The van der Waals surface area contributed by atoms with Crippen LogP contribution >= 0.6 is 0 Å². The summed E-state index contributed by atoms with van der Waals surface area (Å²) in [7, 11) is 0. The highest BCUT2D eigenvalue weighted by molar-refractivity contribution is 6.21. The molecule has 3 aliphatic rings. The molecule has 3 aliphatic heterocycles. The highest BCUT2D eigenvalue weighted by atomic mass is 16.6. The van der Waals surface area contributed by atoms with Gasteiger partial charge in [0, 0.05) is 12.6 Å². The number of ether oxygens (including phenoxy) is 2. The summed E-state index contributed by atoms with van der Waals surface area (Å²) in [6.45, 7) is 1.66. The standard InChI is InChI=1S/C14H14N2O4/c17-13-10-2-1-5-15(10)14(18)16(13)9-3-4-11-12(8-9)20-7-6-19-11/h3-4,8,10H,1-2,5-7H2/t10-/m1/s1. The number of carbonyl (C=O) groups is 2. The van der Waals surface area contributed by atoms with Crippen LogP contribution in [0, 0.1) is 0 Å². The molecule has 0 aromatic heterocycles. The fourth-order valence-electron chi connectivity index (χ4n) is 3.03. The lowest BCUT2D eigenvalue weighted by Crippen LogP contribution is -2.33. The third kappa shape index (κ3) is 1.51. The maximum Gasteiger partial charge on any atom is 0.332 e. The molecule has 6 nitrogen and oxygen atoms in total. The maximum atomic E-state index is 12.4. The van der Waals surface area contributed by atoms with E-state index in [0.29, 0.717) is 36.9 Å². The molecule has 0 bridgehead atoms. The van der Waals surface area contributed by atoms with Crippen LogP contribution in [-0.2, 0) is 4.79 Å². The second-order valence-corrected chi connectivity index (χ2v) is 5.14. The van der Waals surface area contributed by atoms with Gasteiger partial charge in [0.15, 0.2) is 11.5 Å². The van der Waals surface area contributed by atoms with Crippen LogP contribution < -0.4 is 14.4 Å². The van der Waals surface area contributed by atoms with E-state index in [4.69, 9.17) is 9.47 Å². The Morgan fingerprint density at radius 2 is 1.90 bits per heavy atom. The van der Waals surface area contributed by atoms with Gasteiger partial charge in [-0.15, -0.1) is 0 Å². The van der Waals surface area contributed by atoms with Gasteiger partial charge in [-0.05, 0) is 25.0 Å². The lowest BCUT2D eigenvalue weighted by molar-refractivity contribution is -0.119. The minimum atomic E-state index is -0.282. The van der Waals surface area contributed by atoms with E-state index < -0.39 is 0 Å². The first kappa shape index (κ1) is 11.6. The second kappa shape index (κ2) is 4.13. The summed E-state index contributed by atoms with van der Waals surface area (Å²) < 4.78 is 10.9. The minimum Gasteiger partial charge on any atom is -0.486 e. The van der Waals surface area contributed by atoms with Crippen molar-refractivity contribution < 1.29 is 19.1 Å². The van der Waals surface area contributed by atoms with Crippen molar-refractivity contribution in [3.63, 3.8) is 0 Å². The molecule has 3 heterocycles. The number of anilines is 1. The molecule has 0 saturated carbocycles. The summed E-state index contributed by atoms with van der Waals surface area (Å²) in [6.07, 6.45) is 1.66. The molecule has 2 fully saturated rings. The summed E-state index contributed by atoms with van der Waals surface area (Å²) in [5.41, 5.74) is 0.554. The Morgan fingerprint density at radius 1 is 1.10 bits per heavy atom. The van der Waals surface area contributed by atoms with Crippen molar-refractivity contribution >= 4 is 17.6 Å². The molecule has 104 valence electrons. The highest BCUT2D eigenvalue weighted by Crippen LogP contribution is 2.37. The van der Waals surface area contributed by atoms with Gasteiger partial charge in [0.2, 0.25) is 0 Å². The number of imide groups is 1. The van der Waals surface area contributed by atoms with Crippen molar-refractivity contribution in [2.45, 2.75) is 18.9 Å². The Morgan fingerprint density at radius 3 is 2.70 bits per heavy atom. The number of rotatable bonds is 1. The predicted molar refractivity (Wildman–Crippen MR) is 70.0 cm³/mol. The molecule has 0 N–H and O–H groups in total. The Hall–Kier alpha value is -2.24. The van der Waals surface area contributed by atoms with Crippen LogP contribution in [0.4, 0.5) is 10.5 Å². The van der Waals surface area contributed by atoms with Crippen LogP contribution in [0.1, 0.15) is 12.8 Å². The van der Waals surface area contributed by atoms with Crippen LogP contribution in [0.3, 0.4) is 0 Å². The number of nitrogens with zero attached hydrogens (tertiary/aromatic N) is 2. The highest BCUT2D eigenvalue weighted by Gasteiger charge is 2.48. The first-order chi connectivity index (χ1) is 9.75. The second-order valence-electron chi connectivity index (χ2n) is 5.14. The lowest BCUT2D eigenvalue weighted by atomic mass is 10.2. The summed E-state index contributed by atoms with van der Waals surface area (Å²) in [5.74, 6) is 1.10. The van der Waals surface area contributed by atoms with Gasteiger partial charge in [-0.2, -0.15) is 0 Å². The Kier molecular flexibility index (Phi) is 2.39. The van der Waals surface area contributed by atoms with Crippen LogP contribution in [-0.4, -0.2) is 42.6 Å². The van der Waals surface area contributed by atoms with Crippen molar-refractivity contribution in [1.82, 2.24) is 4.90 Å². The average molecular weight is 274 g/mol. The topological polar surface area (TPSA) is 59.1 Å². The van der Waals surface area contributed by atoms with E-state index in [0.717, 1.165) is 12.8 Å². The Bertz CT molecular complexity index is 579. The molecular weight excluding hydrogens is 260 g/mol. The molecule has 6 heteroatoms. The zero-order chi connectivity index (χ0) is 13.7. The minimum absolute atomic E-state index is 0.135. The lowest BCUT2D eigenvalue weighted by Gasteiger charge is -2.21. The van der Waals surface area contributed by atoms with Gasteiger partial charge in [0.25, 0.3) is 5.91 Å². The van der Waals surface area contributed by atoms with Crippen molar-refractivity contribution in [1.29, 1.82) is 0 Å². The number of amides is 3. The zero-order valence-corrected chi connectivity index (χ0v) is 10.9. The maximum absolute atomic E-state index is 12.4. The Balaban J connectivity index is 1.71. The molecule has 1 aromatic rings. The average Bonchev–Trinajstić information content (AvgIpc) is 3.04. The van der Waals surface area contributed by atoms with E-state index in [1.807, 2.05) is 0 Å².